The Morgan fingerprint density at radius 2 is 1.58 bits per heavy atom. The van der Waals surface area contributed by atoms with Crippen molar-refractivity contribution in [2.75, 3.05) is 44.2 Å². The molecular formula is C20H28N4O2. The smallest absolute Gasteiger partial charge is 0.234 e. The van der Waals surface area contributed by atoms with Gasteiger partial charge in [-0.15, -0.1) is 0 Å². The topological polar surface area (TPSA) is 64.7 Å². The maximum absolute atomic E-state index is 12.0. The van der Waals surface area contributed by atoms with Crippen LogP contribution in [0.25, 0.3) is 0 Å². The van der Waals surface area contributed by atoms with Gasteiger partial charge < -0.3 is 10.2 Å². The summed E-state index contributed by atoms with van der Waals surface area (Å²) in [5, 5.41) is 5.87. The molecule has 3 aliphatic rings. The second-order valence-electron chi connectivity index (χ2n) is 7.60. The summed E-state index contributed by atoms with van der Waals surface area (Å²) in [6.07, 6.45) is 3.47. The number of carbonyl (C=O) groups is 2. The van der Waals surface area contributed by atoms with Crippen molar-refractivity contribution in [2.45, 2.75) is 37.6 Å². The molecule has 140 valence electrons. The van der Waals surface area contributed by atoms with E-state index in [2.05, 4.69) is 44.7 Å². The van der Waals surface area contributed by atoms with Crippen LogP contribution in [-0.2, 0) is 9.59 Å². The third-order valence-corrected chi connectivity index (χ3v) is 6.03. The predicted octanol–water partition coefficient (Wildman–Crippen LogP) is 1.08. The van der Waals surface area contributed by atoms with Crippen molar-refractivity contribution in [3.05, 3.63) is 29.8 Å². The first kappa shape index (κ1) is 17.5. The van der Waals surface area contributed by atoms with E-state index in [4.69, 9.17) is 0 Å². The second kappa shape index (κ2) is 7.76. The number of carbonyl (C=O) groups excluding carboxylic acids is 2. The number of rotatable bonds is 3. The first-order valence-corrected chi connectivity index (χ1v) is 9.84. The molecule has 0 bridgehead atoms. The molecule has 6 heteroatoms. The molecule has 1 unspecified atom stereocenters. The Kier molecular flexibility index (Phi) is 5.22. The average Bonchev–Trinajstić information content (AvgIpc) is 2.69. The van der Waals surface area contributed by atoms with Crippen molar-refractivity contribution >= 4 is 17.5 Å². The molecule has 0 radical (unpaired) electrons. The van der Waals surface area contributed by atoms with E-state index in [1.165, 1.54) is 31.6 Å². The van der Waals surface area contributed by atoms with Gasteiger partial charge in [-0.2, -0.15) is 0 Å². The van der Waals surface area contributed by atoms with Crippen LogP contribution in [0.5, 0.6) is 0 Å². The lowest BCUT2D eigenvalue weighted by Crippen LogP contribution is -2.52. The Morgan fingerprint density at radius 1 is 0.885 bits per heavy atom. The number of amides is 2. The number of imide groups is 1. The van der Waals surface area contributed by atoms with Crippen molar-refractivity contribution in [1.82, 2.24) is 15.5 Å². The largest absolute Gasteiger partial charge is 0.371 e. The molecule has 26 heavy (non-hydrogen) atoms. The van der Waals surface area contributed by atoms with E-state index in [-0.39, 0.29) is 17.7 Å². The lowest BCUT2D eigenvalue weighted by Gasteiger charge is -2.41. The minimum atomic E-state index is -0.194. The maximum atomic E-state index is 12.0. The van der Waals surface area contributed by atoms with E-state index in [1.54, 1.807) is 0 Å². The summed E-state index contributed by atoms with van der Waals surface area (Å²) in [5.74, 6) is -0.513. The van der Waals surface area contributed by atoms with E-state index in [1.807, 2.05) is 0 Å². The zero-order valence-electron chi connectivity index (χ0n) is 15.2. The highest BCUT2D eigenvalue weighted by atomic mass is 16.2. The Balaban J connectivity index is 1.34. The molecule has 3 saturated heterocycles. The zero-order chi connectivity index (χ0) is 17.9. The fraction of sp³-hybridized carbons (Fsp3) is 0.600. The average molecular weight is 356 g/mol. The second-order valence-corrected chi connectivity index (χ2v) is 7.60. The fourth-order valence-electron chi connectivity index (χ4n) is 4.47. The summed E-state index contributed by atoms with van der Waals surface area (Å²) in [5.41, 5.74) is 2.24. The first-order valence-electron chi connectivity index (χ1n) is 9.84. The van der Waals surface area contributed by atoms with E-state index >= 15 is 0 Å². The number of hydrogen-bond donors (Lipinski definition) is 2. The van der Waals surface area contributed by atoms with Crippen LogP contribution >= 0.6 is 0 Å². The lowest BCUT2D eigenvalue weighted by atomic mass is 9.90. The van der Waals surface area contributed by atoms with Gasteiger partial charge in [0.25, 0.3) is 0 Å². The molecule has 1 atom stereocenters. The first-order chi connectivity index (χ1) is 12.7. The summed E-state index contributed by atoms with van der Waals surface area (Å²) < 4.78 is 0. The zero-order valence-corrected chi connectivity index (χ0v) is 15.2. The molecule has 1 aromatic rings. The molecule has 0 spiro atoms. The highest BCUT2D eigenvalue weighted by Gasteiger charge is 2.28. The number of anilines is 1. The molecule has 0 aromatic heterocycles. The van der Waals surface area contributed by atoms with Crippen LogP contribution in [0.2, 0.25) is 0 Å². The number of hydrogen-bond acceptors (Lipinski definition) is 5. The Hall–Kier alpha value is -1.92. The van der Waals surface area contributed by atoms with E-state index in [9.17, 15) is 9.59 Å². The van der Waals surface area contributed by atoms with Gasteiger partial charge in [0.05, 0.1) is 5.92 Å². The number of nitrogens with one attached hydrogen (secondary N) is 2. The van der Waals surface area contributed by atoms with Crippen LogP contribution < -0.4 is 15.5 Å². The third-order valence-electron chi connectivity index (χ3n) is 6.03. The van der Waals surface area contributed by atoms with Crippen molar-refractivity contribution in [2.24, 2.45) is 0 Å². The summed E-state index contributed by atoms with van der Waals surface area (Å²) >= 11 is 0. The molecule has 6 nitrogen and oxygen atoms in total. The SMILES string of the molecule is O=C1CCC(c2ccc(N3CCC(N4CCNCC4)CC3)cc2)C(=O)N1. The third kappa shape index (κ3) is 3.76. The van der Waals surface area contributed by atoms with Crippen molar-refractivity contribution in [1.29, 1.82) is 0 Å². The van der Waals surface area contributed by atoms with E-state index in [0.29, 0.717) is 12.8 Å². The van der Waals surface area contributed by atoms with Crippen LogP contribution in [0.3, 0.4) is 0 Å². The van der Waals surface area contributed by atoms with Gasteiger partial charge in [0, 0.05) is 57.4 Å². The Bertz CT molecular complexity index is 646. The van der Waals surface area contributed by atoms with Crippen LogP contribution in [-0.4, -0.2) is 62.0 Å². The monoisotopic (exact) mass is 356 g/mol. The molecule has 3 aliphatic heterocycles. The van der Waals surface area contributed by atoms with Crippen molar-refractivity contribution in [3.8, 4) is 0 Å². The molecule has 0 aliphatic carbocycles. The minimum Gasteiger partial charge on any atom is -0.371 e. The van der Waals surface area contributed by atoms with Gasteiger partial charge in [-0.1, -0.05) is 12.1 Å². The van der Waals surface area contributed by atoms with Gasteiger partial charge in [-0.3, -0.25) is 19.8 Å². The van der Waals surface area contributed by atoms with Gasteiger partial charge in [0.2, 0.25) is 11.8 Å². The fourth-order valence-corrected chi connectivity index (χ4v) is 4.47. The van der Waals surface area contributed by atoms with Crippen molar-refractivity contribution in [3.63, 3.8) is 0 Å². The minimum absolute atomic E-state index is 0.157. The van der Waals surface area contributed by atoms with E-state index in [0.717, 1.165) is 37.8 Å². The number of nitrogens with zero attached hydrogens (tertiary/aromatic N) is 2. The number of piperidine rings is 2. The molecule has 4 rings (SSSR count). The van der Waals surface area contributed by atoms with Gasteiger partial charge in [-0.05, 0) is 37.0 Å². The van der Waals surface area contributed by atoms with Gasteiger partial charge in [0.15, 0.2) is 0 Å². The molecular weight excluding hydrogens is 328 g/mol. The lowest BCUT2D eigenvalue weighted by molar-refractivity contribution is -0.134. The quantitative estimate of drug-likeness (QED) is 0.794. The number of piperazine rings is 1. The van der Waals surface area contributed by atoms with Gasteiger partial charge >= 0.3 is 0 Å². The Labute approximate surface area is 154 Å². The maximum Gasteiger partial charge on any atom is 0.234 e. The van der Waals surface area contributed by atoms with Gasteiger partial charge in [-0.25, -0.2) is 0 Å². The standard InChI is InChI=1S/C20H28N4O2/c25-19-6-5-18(20(26)22-19)15-1-3-16(4-2-15)23-11-7-17(8-12-23)24-13-9-21-10-14-24/h1-4,17-18,21H,5-14H2,(H,22,25,26). The van der Waals surface area contributed by atoms with Crippen LogP contribution in [0.4, 0.5) is 5.69 Å². The summed E-state index contributed by atoms with van der Waals surface area (Å²) in [6.45, 7) is 6.75. The van der Waals surface area contributed by atoms with E-state index < -0.39 is 0 Å². The molecule has 3 heterocycles. The summed E-state index contributed by atoms with van der Waals surface area (Å²) in [6, 6.07) is 9.08. The summed E-state index contributed by atoms with van der Waals surface area (Å²) in [4.78, 5) is 28.4. The highest BCUT2D eigenvalue weighted by Crippen LogP contribution is 2.28. The molecule has 2 N–H and O–H groups in total. The van der Waals surface area contributed by atoms with Gasteiger partial charge in [0.1, 0.15) is 0 Å². The van der Waals surface area contributed by atoms with Crippen LogP contribution in [0, 0.1) is 0 Å². The van der Waals surface area contributed by atoms with Crippen LogP contribution in [0.15, 0.2) is 24.3 Å². The molecule has 1 aromatic carbocycles. The van der Waals surface area contributed by atoms with Crippen LogP contribution in [0.1, 0.15) is 37.2 Å². The highest BCUT2D eigenvalue weighted by molar-refractivity contribution is 6.00. The molecule has 3 fully saturated rings. The summed E-state index contributed by atoms with van der Waals surface area (Å²) in [7, 11) is 0. The van der Waals surface area contributed by atoms with Crippen molar-refractivity contribution < 1.29 is 9.59 Å². The predicted molar refractivity (Wildman–Crippen MR) is 101 cm³/mol. The Morgan fingerprint density at radius 3 is 2.23 bits per heavy atom. The molecule has 0 saturated carbocycles. The number of benzene rings is 1. The molecule has 2 amide bonds. The normalized spacial score (nSPS) is 26.0.